The second-order valence-corrected chi connectivity index (χ2v) is 7.31. The lowest BCUT2D eigenvalue weighted by atomic mass is 9.86. The summed E-state index contributed by atoms with van der Waals surface area (Å²) in [5.41, 5.74) is -0.529. The topological polar surface area (TPSA) is 76.1 Å². The summed E-state index contributed by atoms with van der Waals surface area (Å²) in [6.45, 7) is 0.00533. The maximum atomic E-state index is 12.5. The second kappa shape index (κ2) is 7.03. The van der Waals surface area contributed by atoms with E-state index in [4.69, 9.17) is 9.47 Å². The van der Waals surface area contributed by atoms with Gasteiger partial charge in [-0.05, 0) is 36.4 Å². The SMILES string of the molecule is COc1ccc(OC[C@H](O)CN2C(=O)C[C@]3(CCSC3)C2=O)cc1. The lowest BCUT2D eigenvalue weighted by Crippen LogP contribution is -2.41. The van der Waals surface area contributed by atoms with Crippen LogP contribution in [0.15, 0.2) is 24.3 Å². The quantitative estimate of drug-likeness (QED) is 0.779. The summed E-state index contributed by atoms with van der Waals surface area (Å²) in [4.78, 5) is 25.9. The fourth-order valence-electron chi connectivity index (χ4n) is 3.09. The summed E-state index contributed by atoms with van der Waals surface area (Å²) < 4.78 is 10.6. The zero-order valence-corrected chi connectivity index (χ0v) is 14.4. The first-order valence-electron chi connectivity index (χ1n) is 7.91. The lowest BCUT2D eigenvalue weighted by molar-refractivity contribution is -0.142. The van der Waals surface area contributed by atoms with E-state index in [-0.39, 0.29) is 31.4 Å². The number of aliphatic hydroxyl groups is 1. The molecule has 2 fully saturated rings. The molecular weight excluding hydrogens is 330 g/mol. The van der Waals surface area contributed by atoms with Crippen LogP contribution in [0.3, 0.4) is 0 Å². The van der Waals surface area contributed by atoms with Gasteiger partial charge in [0.2, 0.25) is 11.8 Å². The molecule has 2 atom stereocenters. The van der Waals surface area contributed by atoms with Gasteiger partial charge in [0.1, 0.15) is 24.2 Å². The number of imide groups is 1. The third-order valence-electron chi connectivity index (χ3n) is 4.49. The van der Waals surface area contributed by atoms with E-state index in [9.17, 15) is 14.7 Å². The average molecular weight is 351 g/mol. The molecule has 2 saturated heterocycles. The molecule has 0 aliphatic carbocycles. The summed E-state index contributed by atoms with van der Waals surface area (Å²) in [6, 6.07) is 7.00. The largest absolute Gasteiger partial charge is 0.497 e. The molecule has 2 aliphatic rings. The van der Waals surface area contributed by atoms with E-state index in [2.05, 4.69) is 0 Å². The van der Waals surface area contributed by atoms with E-state index >= 15 is 0 Å². The molecule has 2 aliphatic heterocycles. The van der Waals surface area contributed by atoms with Crippen molar-refractivity contribution in [2.75, 3.05) is 31.8 Å². The number of hydrogen-bond acceptors (Lipinski definition) is 6. The minimum atomic E-state index is -0.913. The number of nitrogens with zero attached hydrogens (tertiary/aromatic N) is 1. The molecule has 1 aromatic rings. The smallest absolute Gasteiger partial charge is 0.236 e. The van der Waals surface area contributed by atoms with Gasteiger partial charge in [0, 0.05) is 12.2 Å². The number of benzene rings is 1. The monoisotopic (exact) mass is 351 g/mol. The average Bonchev–Trinajstić information content (AvgIpc) is 3.14. The van der Waals surface area contributed by atoms with Gasteiger partial charge in [0.15, 0.2) is 0 Å². The van der Waals surface area contributed by atoms with Crippen LogP contribution in [-0.2, 0) is 9.59 Å². The molecular formula is C17H21NO5S. The Bertz CT molecular complexity index is 612. The van der Waals surface area contributed by atoms with Gasteiger partial charge in [-0.15, -0.1) is 0 Å². The number of thioether (sulfide) groups is 1. The Hall–Kier alpha value is -1.73. The van der Waals surface area contributed by atoms with Crippen molar-refractivity contribution >= 4 is 23.6 Å². The number of rotatable bonds is 6. The number of carbonyl (C=O) groups is 2. The van der Waals surface area contributed by atoms with Crippen molar-refractivity contribution in [1.82, 2.24) is 4.90 Å². The molecule has 24 heavy (non-hydrogen) atoms. The number of β-amino-alcohol motifs (C(OH)–C–C–N with tert-alkyl or cyclic N) is 1. The molecule has 0 saturated carbocycles. The highest BCUT2D eigenvalue weighted by molar-refractivity contribution is 7.99. The standard InChI is InChI=1S/C17H21NO5S/c1-22-13-2-4-14(5-3-13)23-10-12(19)9-18-15(20)8-17(16(18)21)6-7-24-11-17/h2-5,12,19H,6-11H2,1H3/t12-,17+/m1/s1. The molecule has 0 unspecified atom stereocenters. The predicted octanol–water partition coefficient (Wildman–Crippen LogP) is 1.32. The fourth-order valence-corrected chi connectivity index (χ4v) is 4.53. The molecule has 0 bridgehead atoms. The van der Waals surface area contributed by atoms with Crippen LogP contribution in [0, 0.1) is 5.41 Å². The number of methoxy groups -OCH3 is 1. The predicted molar refractivity (Wildman–Crippen MR) is 90.2 cm³/mol. The first-order chi connectivity index (χ1) is 11.5. The van der Waals surface area contributed by atoms with Crippen LogP contribution in [0.25, 0.3) is 0 Å². The molecule has 1 spiro atoms. The van der Waals surface area contributed by atoms with Crippen LogP contribution in [0.4, 0.5) is 0 Å². The van der Waals surface area contributed by atoms with E-state index in [0.29, 0.717) is 11.5 Å². The van der Waals surface area contributed by atoms with Crippen LogP contribution in [-0.4, -0.2) is 59.7 Å². The third kappa shape index (κ3) is 3.37. The third-order valence-corrected chi connectivity index (χ3v) is 5.74. The van der Waals surface area contributed by atoms with E-state index in [1.54, 1.807) is 43.1 Å². The number of aliphatic hydroxyl groups excluding tert-OH is 1. The van der Waals surface area contributed by atoms with Crippen molar-refractivity contribution in [2.24, 2.45) is 5.41 Å². The number of carbonyl (C=O) groups excluding carboxylic acids is 2. The van der Waals surface area contributed by atoms with Crippen molar-refractivity contribution in [3.05, 3.63) is 24.3 Å². The maximum absolute atomic E-state index is 12.5. The second-order valence-electron chi connectivity index (χ2n) is 6.21. The van der Waals surface area contributed by atoms with Gasteiger partial charge in [0.05, 0.1) is 19.1 Å². The van der Waals surface area contributed by atoms with Crippen LogP contribution in [0.2, 0.25) is 0 Å². The number of ether oxygens (including phenoxy) is 2. The lowest BCUT2D eigenvalue weighted by Gasteiger charge is -2.22. The van der Waals surface area contributed by atoms with E-state index < -0.39 is 11.5 Å². The van der Waals surface area contributed by atoms with Gasteiger partial charge >= 0.3 is 0 Å². The highest BCUT2D eigenvalue weighted by atomic mass is 32.2. The Morgan fingerprint density at radius 1 is 1.29 bits per heavy atom. The molecule has 130 valence electrons. The Morgan fingerprint density at radius 2 is 2.00 bits per heavy atom. The van der Waals surface area contributed by atoms with E-state index in [1.165, 1.54) is 4.90 Å². The minimum Gasteiger partial charge on any atom is -0.497 e. The Balaban J connectivity index is 1.53. The van der Waals surface area contributed by atoms with Crippen LogP contribution >= 0.6 is 11.8 Å². The van der Waals surface area contributed by atoms with Gasteiger partial charge < -0.3 is 14.6 Å². The molecule has 7 heteroatoms. The summed E-state index contributed by atoms with van der Waals surface area (Å²) in [6.07, 6.45) is 0.103. The summed E-state index contributed by atoms with van der Waals surface area (Å²) in [7, 11) is 1.58. The molecule has 6 nitrogen and oxygen atoms in total. The molecule has 0 radical (unpaired) electrons. The van der Waals surface area contributed by atoms with Gasteiger partial charge in [-0.25, -0.2) is 0 Å². The number of likely N-dealkylation sites (tertiary alicyclic amines) is 1. The minimum absolute atomic E-state index is 0.0137. The van der Waals surface area contributed by atoms with Crippen molar-refractivity contribution in [1.29, 1.82) is 0 Å². The molecule has 1 N–H and O–H groups in total. The summed E-state index contributed by atoms with van der Waals surface area (Å²) in [5.74, 6) is 2.60. The Kier molecular flexibility index (Phi) is 5.01. The fraction of sp³-hybridized carbons (Fsp3) is 0.529. The van der Waals surface area contributed by atoms with Gasteiger partial charge in [0.25, 0.3) is 0 Å². The van der Waals surface area contributed by atoms with Gasteiger partial charge in [-0.3, -0.25) is 14.5 Å². The maximum Gasteiger partial charge on any atom is 0.236 e. The van der Waals surface area contributed by atoms with Crippen molar-refractivity contribution < 1.29 is 24.2 Å². The van der Waals surface area contributed by atoms with Gasteiger partial charge in [-0.2, -0.15) is 11.8 Å². The Labute approximate surface area is 145 Å². The molecule has 0 aromatic heterocycles. The van der Waals surface area contributed by atoms with E-state index in [1.807, 2.05) is 0 Å². The normalized spacial score (nSPS) is 24.7. The molecule has 1 aromatic carbocycles. The first kappa shape index (κ1) is 17.1. The van der Waals surface area contributed by atoms with Crippen LogP contribution < -0.4 is 9.47 Å². The number of hydrogen-bond donors (Lipinski definition) is 1. The molecule has 2 heterocycles. The first-order valence-corrected chi connectivity index (χ1v) is 9.07. The number of amides is 2. The highest BCUT2D eigenvalue weighted by Gasteiger charge is 2.53. The van der Waals surface area contributed by atoms with Crippen LogP contribution in [0.5, 0.6) is 11.5 Å². The van der Waals surface area contributed by atoms with Crippen molar-refractivity contribution in [2.45, 2.75) is 18.9 Å². The van der Waals surface area contributed by atoms with Gasteiger partial charge in [-0.1, -0.05) is 0 Å². The Morgan fingerprint density at radius 3 is 2.62 bits per heavy atom. The zero-order valence-electron chi connectivity index (χ0n) is 13.6. The van der Waals surface area contributed by atoms with Crippen molar-refractivity contribution in [3.63, 3.8) is 0 Å². The molecule has 3 rings (SSSR count). The zero-order chi connectivity index (χ0) is 17.2. The highest BCUT2D eigenvalue weighted by Crippen LogP contribution is 2.44. The molecule has 2 amide bonds. The van der Waals surface area contributed by atoms with Crippen molar-refractivity contribution in [3.8, 4) is 11.5 Å². The van der Waals surface area contributed by atoms with Crippen LogP contribution in [0.1, 0.15) is 12.8 Å². The summed E-state index contributed by atoms with van der Waals surface area (Å²) in [5, 5.41) is 10.1. The summed E-state index contributed by atoms with van der Waals surface area (Å²) >= 11 is 1.71. The van der Waals surface area contributed by atoms with E-state index in [0.717, 1.165) is 17.9 Å².